The molecule has 5 heteroatoms. The molecule has 3 nitrogen and oxygen atoms in total. The van der Waals surface area contributed by atoms with Crippen LogP contribution in [0.1, 0.15) is 19.5 Å². The lowest BCUT2D eigenvalue weighted by atomic mass is 10.6. The summed E-state index contributed by atoms with van der Waals surface area (Å²) >= 11 is 1.19. The fourth-order valence-electron chi connectivity index (χ4n) is 0.665. The summed E-state index contributed by atoms with van der Waals surface area (Å²) in [7, 11) is -3.15. The van der Waals surface area contributed by atoms with Crippen molar-refractivity contribution in [2.24, 2.45) is 0 Å². The van der Waals surface area contributed by atoms with E-state index in [4.69, 9.17) is 0 Å². The van der Waals surface area contributed by atoms with Crippen molar-refractivity contribution in [3.05, 3.63) is 11.1 Å². The van der Waals surface area contributed by atoms with E-state index in [0.717, 1.165) is 5.69 Å². The molecule has 0 bridgehead atoms. The molecular weight excluding hydrogens is 194 g/mol. The Labute approximate surface area is 76.4 Å². The molecule has 0 aliphatic carbocycles. The summed E-state index contributed by atoms with van der Waals surface area (Å²) in [6.07, 6.45) is 0. The van der Waals surface area contributed by atoms with Gasteiger partial charge in [-0.05, 0) is 20.8 Å². The van der Waals surface area contributed by atoms with Gasteiger partial charge in [-0.15, -0.1) is 11.3 Å². The molecule has 0 aromatic carbocycles. The number of aryl methyl sites for hydroxylation is 1. The first-order valence-electron chi connectivity index (χ1n) is 3.60. The van der Waals surface area contributed by atoms with Crippen molar-refractivity contribution < 1.29 is 8.42 Å². The number of sulfone groups is 1. The molecule has 0 atom stereocenters. The highest BCUT2D eigenvalue weighted by atomic mass is 32.2. The molecule has 1 heterocycles. The largest absolute Gasteiger partial charge is 0.231 e. The maximum Gasteiger partial charge on any atom is 0.209 e. The first-order valence-corrected chi connectivity index (χ1v) is 6.03. The van der Waals surface area contributed by atoms with Gasteiger partial charge in [0.15, 0.2) is 0 Å². The normalized spacial score (nSPS) is 12.3. The van der Waals surface area contributed by atoms with Gasteiger partial charge in [0.2, 0.25) is 14.2 Å². The molecule has 0 spiro atoms. The third kappa shape index (κ3) is 1.67. The Morgan fingerprint density at radius 1 is 1.50 bits per heavy atom. The molecule has 0 N–H and O–H groups in total. The van der Waals surface area contributed by atoms with Crippen LogP contribution >= 0.6 is 11.3 Å². The maximum atomic E-state index is 11.5. The van der Waals surface area contributed by atoms with Crippen molar-refractivity contribution in [1.29, 1.82) is 0 Å². The average molecular weight is 205 g/mol. The highest BCUT2D eigenvalue weighted by molar-refractivity contribution is 7.93. The van der Waals surface area contributed by atoms with E-state index in [1.54, 1.807) is 26.2 Å². The van der Waals surface area contributed by atoms with Crippen LogP contribution < -0.4 is 0 Å². The summed E-state index contributed by atoms with van der Waals surface area (Å²) in [6.45, 7) is 5.11. The second kappa shape index (κ2) is 3.14. The quantitative estimate of drug-likeness (QED) is 0.737. The van der Waals surface area contributed by atoms with Gasteiger partial charge in [0.25, 0.3) is 0 Å². The third-order valence-corrected chi connectivity index (χ3v) is 5.02. The fraction of sp³-hybridized carbons (Fsp3) is 0.571. The van der Waals surface area contributed by atoms with E-state index in [1.165, 1.54) is 11.3 Å². The summed E-state index contributed by atoms with van der Waals surface area (Å²) in [4.78, 5) is 3.93. The van der Waals surface area contributed by atoms with E-state index in [2.05, 4.69) is 4.98 Å². The highest BCUT2D eigenvalue weighted by Crippen LogP contribution is 2.19. The van der Waals surface area contributed by atoms with Gasteiger partial charge < -0.3 is 0 Å². The van der Waals surface area contributed by atoms with E-state index in [1.807, 2.05) is 0 Å². The fourth-order valence-corrected chi connectivity index (χ4v) is 3.12. The van der Waals surface area contributed by atoms with Crippen molar-refractivity contribution >= 4 is 21.2 Å². The monoisotopic (exact) mass is 205 g/mol. The van der Waals surface area contributed by atoms with Crippen LogP contribution in [0.25, 0.3) is 0 Å². The van der Waals surface area contributed by atoms with Gasteiger partial charge in [-0.25, -0.2) is 13.4 Å². The molecule has 0 fully saturated rings. The van der Waals surface area contributed by atoms with Crippen molar-refractivity contribution in [2.45, 2.75) is 30.4 Å². The van der Waals surface area contributed by atoms with Crippen LogP contribution in [-0.4, -0.2) is 18.7 Å². The Morgan fingerprint density at radius 3 is 2.42 bits per heavy atom. The number of aromatic nitrogens is 1. The van der Waals surface area contributed by atoms with Gasteiger partial charge in [-0.3, -0.25) is 0 Å². The molecule has 0 amide bonds. The van der Waals surface area contributed by atoms with Crippen molar-refractivity contribution in [1.82, 2.24) is 4.98 Å². The Morgan fingerprint density at radius 2 is 2.08 bits per heavy atom. The Hall–Kier alpha value is -0.420. The lowest BCUT2D eigenvalue weighted by Crippen LogP contribution is -2.13. The standard InChI is InChI=1S/C7H11NO2S2/c1-5(2)12(9,10)7-8-6(3)4-11-7/h4-5H,1-3H3. The van der Waals surface area contributed by atoms with E-state index in [9.17, 15) is 8.42 Å². The van der Waals surface area contributed by atoms with Crippen LogP contribution in [0.5, 0.6) is 0 Å². The van der Waals surface area contributed by atoms with Crippen molar-refractivity contribution in [3.8, 4) is 0 Å². The molecular formula is C7H11NO2S2. The summed E-state index contributed by atoms with van der Waals surface area (Å²) in [5, 5.41) is 1.36. The number of nitrogens with zero attached hydrogens (tertiary/aromatic N) is 1. The minimum atomic E-state index is -3.15. The molecule has 0 aliphatic rings. The number of hydrogen-bond donors (Lipinski definition) is 0. The van der Waals surface area contributed by atoms with Crippen molar-refractivity contribution in [3.63, 3.8) is 0 Å². The second-order valence-electron chi connectivity index (χ2n) is 2.85. The first kappa shape index (κ1) is 9.67. The lowest BCUT2D eigenvalue weighted by molar-refractivity contribution is 0.586. The maximum absolute atomic E-state index is 11.5. The Kier molecular flexibility index (Phi) is 2.53. The van der Waals surface area contributed by atoms with Crippen LogP contribution in [-0.2, 0) is 9.84 Å². The molecule has 1 rings (SSSR count). The summed E-state index contributed by atoms with van der Waals surface area (Å²) < 4.78 is 23.2. The topological polar surface area (TPSA) is 47.0 Å². The van der Waals surface area contributed by atoms with Gasteiger partial charge in [-0.2, -0.15) is 0 Å². The van der Waals surface area contributed by atoms with Gasteiger partial charge in [-0.1, -0.05) is 0 Å². The predicted octanol–water partition coefficient (Wildman–Crippen LogP) is 1.63. The van der Waals surface area contributed by atoms with Crippen LogP contribution in [0.15, 0.2) is 9.72 Å². The minimum Gasteiger partial charge on any atom is -0.231 e. The number of thiazole rings is 1. The second-order valence-corrected chi connectivity index (χ2v) is 6.38. The van der Waals surface area contributed by atoms with E-state index in [-0.39, 0.29) is 9.59 Å². The van der Waals surface area contributed by atoms with Crippen molar-refractivity contribution in [2.75, 3.05) is 0 Å². The van der Waals surface area contributed by atoms with Crippen LogP contribution in [0, 0.1) is 6.92 Å². The zero-order chi connectivity index (χ0) is 9.35. The van der Waals surface area contributed by atoms with Gasteiger partial charge in [0, 0.05) is 11.1 Å². The third-order valence-electron chi connectivity index (χ3n) is 1.46. The SMILES string of the molecule is Cc1csc(S(=O)(=O)C(C)C)n1. The first-order chi connectivity index (χ1) is 5.44. The Bertz CT molecular complexity index is 365. The molecule has 0 radical (unpaired) electrons. The Balaban J connectivity index is 3.15. The lowest BCUT2D eigenvalue weighted by Gasteiger charge is -2.02. The molecule has 1 aromatic rings. The van der Waals surface area contributed by atoms with Gasteiger partial charge >= 0.3 is 0 Å². The predicted molar refractivity (Wildman–Crippen MR) is 49.2 cm³/mol. The zero-order valence-electron chi connectivity index (χ0n) is 7.23. The van der Waals surface area contributed by atoms with Crippen LogP contribution in [0.2, 0.25) is 0 Å². The summed E-state index contributed by atoms with van der Waals surface area (Å²) in [5.41, 5.74) is 0.763. The van der Waals surface area contributed by atoms with Crippen LogP contribution in [0.4, 0.5) is 0 Å². The molecule has 0 unspecified atom stereocenters. The molecule has 0 saturated heterocycles. The van der Waals surface area contributed by atoms with Gasteiger partial charge in [0.1, 0.15) is 0 Å². The molecule has 0 saturated carbocycles. The minimum absolute atomic E-state index is 0.231. The molecule has 0 aliphatic heterocycles. The molecule has 1 aromatic heterocycles. The number of hydrogen-bond acceptors (Lipinski definition) is 4. The zero-order valence-corrected chi connectivity index (χ0v) is 8.87. The van der Waals surface area contributed by atoms with E-state index < -0.39 is 9.84 Å². The van der Waals surface area contributed by atoms with E-state index >= 15 is 0 Å². The van der Waals surface area contributed by atoms with E-state index in [0.29, 0.717) is 0 Å². The summed E-state index contributed by atoms with van der Waals surface area (Å²) in [6, 6.07) is 0. The van der Waals surface area contributed by atoms with Gasteiger partial charge in [0.05, 0.1) is 5.25 Å². The highest BCUT2D eigenvalue weighted by Gasteiger charge is 2.22. The molecule has 12 heavy (non-hydrogen) atoms. The molecule has 68 valence electrons. The average Bonchev–Trinajstić information content (AvgIpc) is 2.35. The number of rotatable bonds is 2. The summed E-state index contributed by atoms with van der Waals surface area (Å²) in [5.74, 6) is 0. The van der Waals surface area contributed by atoms with Crippen LogP contribution in [0.3, 0.4) is 0 Å². The smallest absolute Gasteiger partial charge is 0.209 e.